The van der Waals surface area contributed by atoms with Crippen LogP contribution < -0.4 is 0 Å². The van der Waals surface area contributed by atoms with Gasteiger partial charge in [0.25, 0.3) is 0 Å². The molecule has 270 valence electrons. The lowest BCUT2D eigenvalue weighted by Gasteiger charge is -2.23. The van der Waals surface area contributed by atoms with E-state index in [9.17, 15) is 0 Å². The summed E-state index contributed by atoms with van der Waals surface area (Å²) in [6.07, 6.45) is 0. The van der Waals surface area contributed by atoms with Gasteiger partial charge in [0.1, 0.15) is 0 Å². The van der Waals surface area contributed by atoms with Crippen LogP contribution in [0, 0.1) is 0 Å². The molecule has 0 N–H and O–H groups in total. The van der Waals surface area contributed by atoms with Gasteiger partial charge in [-0.3, -0.25) is 0 Å². The van der Waals surface area contributed by atoms with Gasteiger partial charge in [-0.25, -0.2) is 0 Å². The molecule has 0 saturated carbocycles. The van der Waals surface area contributed by atoms with Gasteiger partial charge in [0.2, 0.25) is 0 Å². The van der Waals surface area contributed by atoms with Gasteiger partial charge in [-0.1, -0.05) is 231 Å². The number of benzene rings is 11. The van der Waals surface area contributed by atoms with E-state index in [1.165, 1.54) is 110 Å². The van der Waals surface area contributed by atoms with Crippen LogP contribution >= 0.6 is 0 Å². The van der Waals surface area contributed by atoms with Gasteiger partial charge in [-0.15, -0.1) is 0 Å². The molecule has 0 heterocycles. The van der Waals surface area contributed by atoms with Gasteiger partial charge >= 0.3 is 0 Å². The quantitative estimate of drug-likeness (QED) is 0.149. The van der Waals surface area contributed by atoms with Crippen molar-refractivity contribution in [2.45, 2.75) is 0 Å². The van der Waals surface area contributed by atoms with Crippen molar-refractivity contribution in [2.75, 3.05) is 0 Å². The Morgan fingerprint density at radius 3 is 0.759 bits per heavy atom. The Hall–Kier alpha value is -7.54. The first-order valence-electron chi connectivity index (χ1n) is 20.1. The molecule has 11 rings (SSSR count). The third-order valence-corrected chi connectivity index (χ3v) is 11.9. The van der Waals surface area contributed by atoms with Crippen molar-refractivity contribution in [2.24, 2.45) is 0 Å². The van der Waals surface area contributed by atoms with Crippen LogP contribution in [0.4, 0.5) is 0 Å². The Balaban J connectivity index is 1.17. The van der Waals surface area contributed by atoms with Crippen LogP contribution in [-0.2, 0) is 0 Å². The van der Waals surface area contributed by atoms with Gasteiger partial charge in [-0.2, -0.15) is 0 Å². The van der Waals surface area contributed by atoms with Crippen LogP contribution in [0.1, 0.15) is 0 Å². The van der Waals surface area contributed by atoms with Crippen LogP contribution in [0.25, 0.3) is 110 Å². The van der Waals surface area contributed by atoms with E-state index in [1.807, 2.05) is 0 Å². The molecule has 11 aromatic rings. The van der Waals surface area contributed by atoms with Crippen LogP contribution in [0.5, 0.6) is 0 Å². The summed E-state index contributed by atoms with van der Waals surface area (Å²) in [5, 5.41) is 10.0. The minimum Gasteiger partial charge on any atom is -0.0622 e. The van der Waals surface area contributed by atoms with E-state index in [-0.39, 0.29) is 0 Å². The average molecular weight is 735 g/mol. The summed E-state index contributed by atoms with van der Waals surface area (Å²) >= 11 is 0. The van der Waals surface area contributed by atoms with Crippen molar-refractivity contribution in [3.63, 3.8) is 0 Å². The van der Waals surface area contributed by atoms with Crippen LogP contribution in [0.2, 0.25) is 0 Å². The molecule has 0 amide bonds. The summed E-state index contributed by atoms with van der Waals surface area (Å²) in [7, 11) is 0. The Kier molecular flexibility index (Phi) is 8.26. The molecule has 0 aliphatic carbocycles. The molecule has 0 saturated heterocycles. The summed E-state index contributed by atoms with van der Waals surface area (Å²) in [6, 6.07) is 84.4. The van der Waals surface area contributed by atoms with Gasteiger partial charge in [0.15, 0.2) is 0 Å². The molecular formula is C58H38. The fourth-order valence-electron chi connectivity index (χ4n) is 9.39. The largest absolute Gasteiger partial charge is 0.0622 e. The molecule has 0 aliphatic rings. The van der Waals surface area contributed by atoms with Crippen molar-refractivity contribution >= 4 is 43.1 Å². The highest BCUT2D eigenvalue weighted by molar-refractivity contribution is 6.30. The smallest absolute Gasteiger partial charge is 0.00139 e. The predicted octanol–water partition coefficient (Wildman–Crippen LogP) is 16.3. The van der Waals surface area contributed by atoms with Gasteiger partial charge in [-0.05, 0) is 110 Å². The van der Waals surface area contributed by atoms with Crippen molar-refractivity contribution in [1.29, 1.82) is 0 Å². The molecule has 58 heavy (non-hydrogen) atoms. The molecule has 0 bridgehead atoms. The zero-order valence-electron chi connectivity index (χ0n) is 31.9. The SMILES string of the molecule is c1ccc(-c2ccccc2-c2ccc(-c3c4ccccc4c(-c4c5ccccc5c(-c5ccccc5-c5ccccc5)c5ccccc45)c4ccccc34)cc2)cc1. The summed E-state index contributed by atoms with van der Waals surface area (Å²) in [5.74, 6) is 0. The highest BCUT2D eigenvalue weighted by atomic mass is 14.3. The van der Waals surface area contributed by atoms with E-state index in [2.05, 4.69) is 231 Å². The van der Waals surface area contributed by atoms with Gasteiger partial charge in [0, 0.05) is 0 Å². The molecule has 0 aliphatic heterocycles. The Morgan fingerprint density at radius 2 is 0.379 bits per heavy atom. The van der Waals surface area contributed by atoms with Crippen LogP contribution in [0.15, 0.2) is 231 Å². The molecular weight excluding hydrogens is 697 g/mol. The maximum absolute atomic E-state index is 2.33. The first-order chi connectivity index (χ1) is 28.8. The van der Waals surface area contributed by atoms with Crippen LogP contribution in [0.3, 0.4) is 0 Å². The standard InChI is InChI=1S/C58H38/c1-3-19-39(20-4-1)43-23-7-8-24-44(43)41-35-37-42(38-36-41)55-47-27-11-15-31-51(47)57(52-32-16-12-28-48(52)55)58-53-33-17-13-29-49(53)56(50-30-14-18-34-54(50)58)46-26-10-9-25-45(46)40-21-5-2-6-22-40/h1-38H. The number of fused-ring (bicyclic) bond motifs is 4. The Bertz CT molecular complexity index is 3190. The molecule has 0 unspecified atom stereocenters. The lowest BCUT2D eigenvalue weighted by molar-refractivity contribution is 1.58. The van der Waals surface area contributed by atoms with Crippen molar-refractivity contribution in [3.05, 3.63) is 231 Å². The summed E-state index contributed by atoms with van der Waals surface area (Å²) in [4.78, 5) is 0. The van der Waals surface area contributed by atoms with Crippen molar-refractivity contribution in [3.8, 4) is 66.8 Å². The van der Waals surface area contributed by atoms with Crippen LogP contribution in [-0.4, -0.2) is 0 Å². The molecule has 0 radical (unpaired) electrons. The topological polar surface area (TPSA) is 0 Å². The molecule has 11 aromatic carbocycles. The molecule has 0 nitrogen and oxygen atoms in total. The first kappa shape index (κ1) is 33.8. The van der Waals surface area contributed by atoms with Crippen molar-refractivity contribution < 1.29 is 0 Å². The highest BCUT2D eigenvalue weighted by Crippen LogP contribution is 2.51. The zero-order chi connectivity index (χ0) is 38.4. The number of hydrogen-bond donors (Lipinski definition) is 0. The number of rotatable bonds is 6. The summed E-state index contributed by atoms with van der Waals surface area (Å²) in [5.41, 5.74) is 14.9. The van der Waals surface area contributed by atoms with E-state index in [4.69, 9.17) is 0 Å². The monoisotopic (exact) mass is 734 g/mol. The predicted molar refractivity (Wildman–Crippen MR) is 249 cm³/mol. The molecule has 0 heteroatoms. The molecule has 0 atom stereocenters. The fourth-order valence-corrected chi connectivity index (χ4v) is 9.39. The summed E-state index contributed by atoms with van der Waals surface area (Å²) in [6.45, 7) is 0. The normalized spacial score (nSPS) is 11.4. The highest BCUT2D eigenvalue weighted by Gasteiger charge is 2.23. The lowest BCUT2D eigenvalue weighted by atomic mass is 9.80. The second-order valence-electron chi connectivity index (χ2n) is 15.1. The Morgan fingerprint density at radius 1 is 0.138 bits per heavy atom. The summed E-state index contributed by atoms with van der Waals surface area (Å²) < 4.78 is 0. The van der Waals surface area contributed by atoms with Gasteiger partial charge < -0.3 is 0 Å². The minimum atomic E-state index is 1.21. The average Bonchev–Trinajstić information content (AvgIpc) is 3.31. The van der Waals surface area contributed by atoms with E-state index in [0.717, 1.165) is 0 Å². The van der Waals surface area contributed by atoms with Crippen molar-refractivity contribution in [1.82, 2.24) is 0 Å². The number of hydrogen-bond acceptors (Lipinski definition) is 0. The fraction of sp³-hybridized carbons (Fsp3) is 0. The maximum atomic E-state index is 2.33. The maximum Gasteiger partial charge on any atom is -0.00139 e. The zero-order valence-corrected chi connectivity index (χ0v) is 31.9. The second kappa shape index (κ2) is 14.2. The van der Waals surface area contributed by atoms with E-state index < -0.39 is 0 Å². The third-order valence-electron chi connectivity index (χ3n) is 11.9. The first-order valence-corrected chi connectivity index (χ1v) is 20.1. The lowest BCUT2D eigenvalue weighted by Crippen LogP contribution is -1.95. The molecule has 0 spiro atoms. The Labute approximate surface area is 339 Å². The third kappa shape index (κ3) is 5.53. The second-order valence-corrected chi connectivity index (χ2v) is 15.1. The molecule has 0 fully saturated rings. The molecule has 0 aromatic heterocycles. The van der Waals surface area contributed by atoms with E-state index >= 15 is 0 Å². The minimum absolute atomic E-state index is 1.21. The van der Waals surface area contributed by atoms with Gasteiger partial charge in [0.05, 0.1) is 0 Å². The van der Waals surface area contributed by atoms with E-state index in [1.54, 1.807) is 0 Å². The van der Waals surface area contributed by atoms with E-state index in [0.29, 0.717) is 0 Å².